The number of benzene rings is 2. The van der Waals surface area contributed by atoms with Crippen LogP contribution in [0.25, 0.3) is 0 Å². The zero-order valence-electron chi connectivity index (χ0n) is 16.7. The Morgan fingerprint density at radius 1 is 1.07 bits per heavy atom. The summed E-state index contributed by atoms with van der Waals surface area (Å²) in [6.45, 7) is 1.26. The molecular weight excluding hydrogens is 378 g/mol. The van der Waals surface area contributed by atoms with Crippen LogP contribution in [-0.2, 0) is 20.7 Å². The second-order valence-electron chi connectivity index (χ2n) is 7.39. The fraction of sp³-hybridized carbons (Fsp3) is 0.250. The van der Waals surface area contributed by atoms with Crippen LogP contribution in [0.1, 0.15) is 12.0 Å². The summed E-state index contributed by atoms with van der Waals surface area (Å²) < 4.78 is 5.81. The molecule has 2 aliphatic rings. The summed E-state index contributed by atoms with van der Waals surface area (Å²) in [5.41, 5.74) is 3.35. The number of carbonyl (C=O) groups is 2. The van der Waals surface area contributed by atoms with Crippen LogP contribution in [0.3, 0.4) is 0 Å². The molecule has 1 atom stereocenters. The van der Waals surface area contributed by atoms with E-state index in [0.29, 0.717) is 31.6 Å². The first-order valence-corrected chi connectivity index (χ1v) is 10.2. The van der Waals surface area contributed by atoms with Crippen molar-refractivity contribution in [3.05, 3.63) is 83.6 Å². The fourth-order valence-corrected chi connectivity index (χ4v) is 3.53. The molecule has 2 aromatic rings. The fourth-order valence-electron chi connectivity index (χ4n) is 3.53. The van der Waals surface area contributed by atoms with Crippen molar-refractivity contribution in [3.63, 3.8) is 0 Å². The number of para-hydroxylation sites is 2. The van der Waals surface area contributed by atoms with Gasteiger partial charge in [-0.2, -0.15) is 0 Å². The quantitative estimate of drug-likeness (QED) is 0.716. The molecule has 2 aromatic carbocycles. The Balaban J connectivity index is 1.37. The van der Waals surface area contributed by atoms with Gasteiger partial charge >= 0.3 is 0 Å². The lowest BCUT2D eigenvalue weighted by atomic mass is 10.1. The van der Waals surface area contributed by atoms with Crippen LogP contribution in [0.5, 0.6) is 0 Å². The van der Waals surface area contributed by atoms with Gasteiger partial charge in [0.25, 0.3) is 5.91 Å². The molecule has 4 rings (SSSR count). The van der Waals surface area contributed by atoms with Crippen LogP contribution in [0.15, 0.2) is 78.1 Å². The summed E-state index contributed by atoms with van der Waals surface area (Å²) in [5, 5.41) is 9.10. The van der Waals surface area contributed by atoms with E-state index in [9.17, 15) is 9.59 Å². The molecule has 0 aliphatic carbocycles. The molecule has 0 fully saturated rings. The monoisotopic (exact) mass is 403 g/mol. The summed E-state index contributed by atoms with van der Waals surface area (Å²) in [6, 6.07) is 17.6. The normalized spacial score (nSPS) is 18.3. The predicted molar refractivity (Wildman–Crippen MR) is 117 cm³/mol. The van der Waals surface area contributed by atoms with E-state index in [1.54, 1.807) is 6.08 Å². The van der Waals surface area contributed by atoms with Crippen LogP contribution in [-0.4, -0.2) is 31.5 Å². The molecule has 6 nitrogen and oxygen atoms in total. The molecule has 1 unspecified atom stereocenters. The third-order valence-electron chi connectivity index (χ3n) is 5.17. The molecule has 0 saturated carbocycles. The SMILES string of the molecule is O=C(NCC1CNc2ccccc2NC1=O)C1=CCCOC(Cc2ccccc2)=C1. The number of carbonyl (C=O) groups excluding carboxylic acids is 2. The van der Waals surface area contributed by atoms with Crippen LogP contribution >= 0.6 is 0 Å². The van der Waals surface area contributed by atoms with Gasteiger partial charge in [0.15, 0.2) is 0 Å². The van der Waals surface area contributed by atoms with Crippen LogP contribution in [0, 0.1) is 5.92 Å². The lowest BCUT2D eigenvalue weighted by Crippen LogP contribution is -2.38. The van der Waals surface area contributed by atoms with Gasteiger partial charge in [0.1, 0.15) is 5.76 Å². The van der Waals surface area contributed by atoms with E-state index < -0.39 is 0 Å². The Morgan fingerprint density at radius 2 is 1.83 bits per heavy atom. The average molecular weight is 403 g/mol. The van der Waals surface area contributed by atoms with Crippen molar-refractivity contribution in [2.24, 2.45) is 5.92 Å². The number of nitrogens with one attached hydrogen (secondary N) is 3. The maximum atomic E-state index is 12.8. The van der Waals surface area contributed by atoms with Gasteiger partial charge in [-0.05, 0) is 23.8 Å². The summed E-state index contributed by atoms with van der Waals surface area (Å²) >= 11 is 0. The first-order chi connectivity index (χ1) is 14.7. The highest BCUT2D eigenvalue weighted by Crippen LogP contribution is 2.24. The van der Waals surface area contributed by atoms with Crippen molar-refractivity contribution in [1.29, 1.82) is 0 Å². The van der Waals surface area contributed by atoms with Crippen molar-refractivity contribution >= 4 is 23.2 Å². The van der Waals surface area contributed by atoms with E-state index in [1.165, 1.54) is 0 Å². The lowest BCUT2D eigenvalue weighted by molar-refractivity contribution is -0.120. The van der Waals surface area contributed by atoms with Gasteiger partial charge in [0, 0.05) is 31.5 Å². The number of amides is 2. The minimum atomic E-state index is -0.364. The molecular formula is C24H25N3O3. The first-order valence-electron chi connectivity index (χ1n) is 10.2. The molecule has 2 amide bonds. The van der Waals surface area contributed by atoms with Crippen molar-refractivity contribution in [2.45, 2.75) is 12.8 Å². The minimum absolute atomic E-state index is 0.105. The molecule has 2 aliphatic heterocycles. The average Bonchev–Trinajstić information content (AvgIpc) is 3.09. The van der Waals surface area contributed by atoms with Gasteiger partial charge in [0.2, 0.25) is 5.91 Å². The van der Waals surface area contributed by atoms with Crippen molar-refractivity contribution in [3.8, 4) is 0 Å². The second-order valence-corrected chi connectivity index (χ2v) is 7.39. The highest BCUT2D eigenvalue weighted by molar-refractivity contribution is 5.99. The number of allylic oxidation sites excluding steroid dienone is 1. The third-order valence-corrected chi connectivity index (χ3v) is 5.17. The van der Waals surface area contributed by atoms with E-state index in [2.05, 4.69) is 16.0 Å². The van der Waals surface area contributed by atoms with E-state index in [1.807, 2.05) is 60.7 Å². The first kappa shape index (κ1) is 19.8. The molecule has 0 bridgehead atoms. The predicted octanol–water partition coefficient (Wildman–Crippen LogP) is 3.26. The Kier molecular flexibility index (Phi) is 6.13. The Hall–Kier alpha value is -3.54. The number of rotatable bonds is 5. The van der Waals surface area contributed by atoms with Gasteiger partial charge in [-0.3, -0.25) is 9.59 Å². The van der Waals surface area contributed by atoms with Gasteiger partial charge in [-0.25, -0.2) is 0 Å². The Bertz CT molecular complexity index is 982. The third kappa shape index (κ3) is 4.89. The summed E-state index contributed by atoms with van der Waals surface area (Å²) in [6.07, 6.45) is 4.99. The zero-order valence-corrected chi connectivity index (χ0v) is 16.7. The van der Waals surface area contributed by atoms with Gasteiger partial charge in [0.05, 0.1) is 23.9 Å². The molecule has 0 saturated heterocycles. The maximum absolute atomic E-state index is 12.8. The van der Waals surface area contributed by atoms with Gasteiger partial charge in [-0.15, -0.1) is 0 Å². The highest BCUT2D eigenvalue weighted by Gasteiger charge is 2.24. The zero-order chi connectivity index (χ0) is 20.8. The van der Waals surface area contributed by atoms with Crippen LogP contribution in [0.2, 0.25) is 0 Å². The van der Waals surface area contributed by atoms with Crippen molar-refractivity contribution < 1.29 is 14.3 Å². The molecule has 6 heteroatoms. The van der Waals surface area contributed by atoms with E-state index in [-0.39, 0.29) is 24.3 Å². The number of hydrogen-bond acceptors (Lipinski definition) is 4. The van der Waals surface area contributed by atoms with Gasteiger partial charge in [-0.1, -0.05) is 48.5 Å². The summed E-state index contributed by atoms with van der Waals surface area (Å²) in [7, 11) is 0. The number of fused-ring (bicyclic) bond motifs is 1. The topological polar surface area (TPSA) is 79.5 Å². The summed E-state index contributed by atoms with van der Waals surface area (Å²) in [4.78, 5) is 25.3. The molecule has 0 spiro atoms. The van der Waals surface area contributed by atoms with E-state index >= 15 is 0 Å². The molecule has 2 heterocycles. The largest absolute Gasteiger partial charge is 0.497 e. The molecule has 30 heavy (non-hydrogen) atoms. The molecule has 3 N–H and O–H groups in total. The Labute approximate surface area is 176 Å². The Morgan fingerprint density at radius 3 is 2.67 bits per heavy atom. The van der Waals surface area contributed by atoms with E-state index in [0.717, 1.165) is 22.7 Å². The minimum Gasteiger partial charge on any atom is -0.497 e. The van der Waals surface area contributed by atoms with E-state index in [4.69, 9.17) is 4.74 Å². The lowest BCUT2D eigenvalue weighted by Gasteiger charge is -2.14. The summed E-state index contributed by atoms with van der Waals surface area (Å²) in [5.74, 6) is 0.105. The molecule has 0 aromatic heterocycles. The second kappa shape index (κ2) is 9.31. The smallest absolute Gasteiger partial charge is 0.251 e. The standard InChI is InChI=1S/C24H25N3O3/c28-23(18-9-6-12-30-20(14-18)13-17-7-2-1-3-8-17)26-16-19-15-25-21-10-4-5-11-22(21)27-24(19)29/h1-5,7-11,14,19,25H,6,12-13,15-16H2,(H,26,28)(H,27,29). The number of anilines is 2. The maximum Gasteiger partial charge on any atom is 0.251 e. The van der Waals surface area contributed by atoms with Crippen molar-refractivity contribution in [1.82, 2.24) is 5.32 Å². The number of ether oxygens (including phenoxy) is 1. The highest BCUT2D eigenvalue weighted by atomic mass is 16.5. The van der Waals surface area contributed by atoms with Crippen LogP contribution < -0.4 is 16.0 Å². The van der Waals surface area contributed by atoms with Gasteiger partial charge < -0.3 is 20.7 Å². The van der Waals surface area contributed by atoms with Crippen LogP contribution in [0.4, 0.5) is 11.4 Å². The molecule has 154 valence electrons. The number of hydrogen-bond donors (Lipinski definition) is 3. The van der Waals surface area contributed by atoms with Crippen molar-refractivity contribution in [2.75, 3.05) is 30.3 Å². The molecule has 0 radical (unpaired) electrons.